The van der Waals surface area contributed by atoms with Crippen molar-refractivity contribution in [3.05, 3.63) is 0 Å². The number of carboxylic acid groups (broad SMARTS) is 1. The molecule has 3 N–H and O–H groups in total. The third-order valence-electron chi connectivity index (χ3n) is 1.08. The van der Waals surface area contributed by atoms with Crippen LogP contribution in [-0.2, 0) is 14.3 Å². The summed E-state index contributed by atoms with van der Waals surface area (Å²) in [4.78, 5) is 42.2. The van der Waals surface area contributed by atoms with Gasteiger partial charge in [-0.2, -0.15) is 0 Å². The van der Waals surface area contributed by atoms with Crippen LogP contribution in [0.4, 0.5) is 9.59 Å². The molecule has 8 heteroatoms. The Balaban J connectivity index is 3.88. The van der Waals surface area contributed by atoms with Gasteiger partial charge in [0.1, 0.15) is 6.42 Å². The van der Waals surface area contributed by atoms with Gasteiger partial charge in [0.05, 0.1) is 6.61 Å². The molecule has 84 valence electrons. The van der Waals surface area contributed by atoms with E-state index in [-0.39, 0.29) is 6.61 Å². The highest BCUT2D eigenvalue weighted by atomic mass is 16.5. The molecule has 0 radical (unpaired) electrons. The van der Waals surface area contributed by atoms with Gasteiger partial charge in [0.25, 0.3) is 0 Å². The first-order valence-corrected chi connectivity index (χ1v) is 3.95. The van der Waals surface area contributed by atoms with Crippen LogP contribution in [0.3, 0.4) is 0 Å². The number of carbonyl (C=O) groups excluding carboxylic acids is 3. The lowest BCUT2D eigenvalue weighted by molar-refractivity contribution is -0.128. The molecular weight excluding hydrogens is 208 g/mol. The molecule has 0 aromatic heterocycles. The monoisotopic (exact) mass is 218 g/mol. The van der Waals surface area contributed by atoms with E-state index >= 15 is 0 Å². The van der Waals surface area contributed by atoms with Crippen LogP contribution < -0.4 is 10.6 Å². The molecule has 0 aromatic carbocycles. The Bertz CT molecular complexity index is 287. The van der Waals surface area contributed by atoms with E-state index in [0.29, 0.717) is 0 Å². The summed E-state index contributed by atoms with van der Waals surface area (Å²) in [6, 6.07) is 0. The van der Waals surface area contributed by atoms with Crippen LogP contribution in [-0.4, -0.2) is 35.7 Å². The number of imide groups is 2. The normalized spacial score (nSPS) is 8.87. The van der Waals surface area contributed by atoms with Gasteiger partial charge in [0.15, 0.2) is 0 Å². The second-order valence-electron chi connectivity index (χ2n) is 2.30. The van der Waals surface area contributed by atoms with Crippen LogP contribution >= 0.6 is 0 Å². The first-order chi connectivity index (χ1) is 6.95. The predicted octanol–water partition coefficient (Wildman–Crippen LogP) is -0.557. The fraction of sp³-hybridized carbons (Fsp3) is 0.429. The van der Waals surface area contributed by atoms with E-state index in [2.05, 4.69) is 4.74 Å². The maximum atomic E-state index is 10.9. The molecule has 0 aliphatic carbocycles. The van der Waals surface area contributed by atoms with Crippen LogP contribution in [0.1, 0.15) is 13.3 Å². The molecule has 15 heavy (non-hydrogen) atoms. The molecule has 0 aliphatic heterocycles. The second-order valence-corrected chi connectivity index (χ2v) is 2.30. The summed E-state index contributed by atoms with van der Waals surface area (Å²) in [6.07, 6.45) is -3.31. The molecule has 0 unspecified atom stereocenters. The van der Waals surface area contributed by atoms with Crippen molar-refractivity contribution in [3.63, 3.8) is 0 Å². The summed E-state index contributed by atoms with van der Waals surface area (Å²) in [5, 5.41) is 11.3. The molecule has 0 spiro atoms. The van der Waals surface area contributed by atoms with E-state index in [0.717, 1.165) is 0 Å². The number of hydrogen-bond donors (Lipinski definition) is 3. The molecule has 0 atom stereocenters. The average Bonchev–Trinajstić information content (AvgIpc) is 2.00. The maximum absolute atomic E-state index is 10.9. The predicted molar refractivity (Wildman–Crippen MR) is 45.9 cm³/mol. The maximum Gasteiger partial charge on any atom is 0.413 e. The van der Waals surface area contributed by atoms with Crippen LogP contribution in [0.25, 0.3) is 0 Å². The molecule has 4 amide bonds. The van der Waals surface area contributed by atoms with Gasteiger partial charge in [0.2, 0.25) is 11.8 Å². The molecule has 0 heterocycles. The number of ether oxygens (including phenoxy) is 1. The minimum absolute atomic E-state index is 0.0838. The molecule has 8 nitrogen and oxygen atoms in total. The first kappa shape index (κ1) is 12.9. The van der Waals surface area contributed by atoms with Crippen LogP contribution in [0.2, 0.25) is 0 Å². The van der Waals surface area contributed by atoms with E-state index in [1.165, 1.54) is 5.32 Å². The van der Waals surface area contributed by atoms with Crippen LogP contribution in [0, 0.1) is 0 Å². The van der Waals surface area contributed by atoms with Crippen molar-refractivity contribution in [3.8, 4) is 0 Å². The lowest BCUT2D eigenvalue weighted by atomic mass is 10.4. The van der Waals surface area contributed by atoms with Gasteiger partial charge >= 0.3 is 12.2 Å². The van der Waals surface area contributed by atoms with Crippen molar-refractivity contribution in [2.24, 2.45) is 0 Å². The number of alkyl carbamates (subject to hydrolysis) is 1. The smallest absolute Gasteiger partial charge is 0.413 e. The number of carbonyl (C=O) groups is 4. The third-order valence-corrected chi connectivity index (χ3v) is 1.08. The van der Waals surface area contributed by atoms with Crippen molar-refractivity contribution in [2.75, 3.05) is 6.61 Å². The molecule has 0 aromatic rings. The largest absolute Gasteiger partial charge is 0.465 e. The van der Waals surface area contributed by atoms with Crippen LogP contribution in [0.15, 0.2) is 0 Å². The van der Waals surface area contributed by atoms with E-state index in [9.17, 15) is 19.2 Å². The summed E-state index contributed by atoms with van der Waals surface area (Å²) < 4.78 is 4.36. The van der Waals surface area contributed by atoms with Gasteiger partial charge in [-0.1, -0.05) is 0 Å². The van der Waals surface area contributed by atoms with Crippen LogP contribution in [0.5, 0.6) is 0 Å². The summed E-state index contributed by atoms with van der Waals surface area (Å²) >= 11 is 0. The van der Waals surface area contributed by atoms with Gasteiger partial charge in [-0.15, -0.1) is 0 Å². The highest BCUT2D eigenvalue weighted by molar-refractivity contribution is 6.05. The Morgan fingerprint density at radius 1 is 1.13 bits per heavy atom. The summed E-state index contributed by atoms with van der Waals surface area (Å²) in [5.74, 6) is -1.96. The van der Waals surface area contributed by atoms with Gasteiger partial charge < -0.3 is 9.84 Å². The lowest BCUT2D eigenvalue weighted by Gasteiger charge is -2.02. The molecule has 0 aliphatic rings. The molecule has 0 fully saturated rings. The zero-order valence-electron chi connectivity index (χ0n) is 7.90. The second kappa shape index (κ2) is 6.35. The molecular formula is C7H10N2O6. The van der Waals surface area contributed by atoms with Crippen molar-refractivity contribution in [2.45, 2.75) is 13.3 Å². The molecule has 0 saturated carbocycles. The average molecular weight is 218 g/mol. The topological polar surface area (TPSA) is 122 Å². The zero-order chi connectivity index (χ0) is 11.8. The van der Waals surface area contributed by atoms with Crippen molar-refractivity contribution in [1.29, 1.82) is 0 Å². The highest BCUT2D eigenvalue weighted by Gasteiger charge is 2.14. The Kier molecular flexibility index (Phi) is 5.45. The van der Waals surface area contributed by atoms with Crippen molar-refractivity contribution >= 4 is 24.0 Å². The summed E-state index contributed by atoms with van der Waals surface area (Å²) in [7, 11) is 0. The highest BCUT2D eigenvalue weighted by Crippen LogP contribution is 1.83. The van der Waals surface area contributed by atoms with Gasteiger partial charge in [0, 0.05) is 0 Å². The van der Waals surface area contributed by atoms with E-state index in [1.54, 1.807) is 12.2 Å². The Hall–Kier alpha value is -2.12. The van der Waals surface area contributed by atoms with Gasteiger partial charge in [-0.25, -0.2) is 9.59 Å². The summed E-state index contributed by atoms with van der Waals surface area (Å²) in [6.45, 7) is 1.63. The number of rotatable bonds is 3. The number of amides is 4. The summed E-state index contributed by atoms with van der Waals surface area (Å²) in [5.41, 5.74) is 0. The fourth-order valence-electron chi connectivity index (χ4n) is 0.634. The van der Waals surface area contributed by atoms with Gasteiger partial charge in [-0.3, -0.25) is 20.2 Å². The first-order valence-electron chi connectivity index (χ1n) is 3.95. The van der Waals surface area contributed by atoms with E-state index in [4.69, 9.17) is 5.11 Å². The minimum Gasteiger partial charge on any atom is -0.465 e. The molecule has 0 rings (SSSR count). The molecule has 0 saturated heterocycles. The lowest BCUT2D eigenvalue weighted by Crippen LogP contribution is -2.37. The Labute approximate surface area is 84.6 Å². The zero-order valence-corrected chi connectivity index (χ0v) is 7.90. The van der Waals surface area contributed by atoms with E-state index in [1.807, 2.05) is 0 Å². The Morgan fingerprint density at radius 2 is 1.67 bits per heavy atom. The standard InChI is InChI=1S/C7H10N2O6/c1-2-15-7(14)9-5(11)3-4(10)8-6(12)13/h2-3H2,1H3,(H,8,10)(H,12,13)(H,9,11,14). The van der Waals surface area contributed by atoms with Gasteiger partial charge in [-0.05, 0) is 6.92 Å². The fourth-order valence-corrected chi connectivity index (χ4v) is 0.634. The quantitative estimate of drug-likeness (QED) is 0.546. The van der Waals surface area contributed by atoms with E-state index < -0.39 is 30.4 Å². The number of nitrogens with one attached hydrogen (secondary N) is 2. The Morgan fingerprint density at radius 3 is 2.13 bits per heavy atom. The van der Waals surface area contributed by atoms with Crippen molar-refractivity contribution in [1.82, 2.24) is 10.6 Å². The third kappa shape index (κ3) is 6.99. The SMILES string of the molecule is CCOC(=O)NC(=O)CC(=O)NC(=O)O. The minimum atomic E-state index is -1.57. The molecule has 0 bridgehead atoms. The van der Waals surface area contributed by atoms with Crippen molar-refractivity contribution < 1.29 is 29.0 Å². The number of hydrogen-bond acceptors (Lipinski definition) is 5.